The van der Waals surface area contributed by atoms with Crippen molar-refractivity contribution in [3.63, 3.8) is 0 Å². The highest BCUT2D eigenvalue weighted by Gasteiger charge is 2.21. The largest absolute Gasteiger partial charge is 0.370 e. The lowest BCUT2D eigenvalue weighted by Gasteiger charge is -2.18. The third-order valence-corrected chi connectivity index (χ3v) is 4.62. The van der Waals surface area contributed by atoms with Crippen LogP contribution >= 0.6 is 0 Å². The quantitative estimate of drug-likeness (QED) is 0.262. The van der Waals surface area contributed by atoms with E-state index < -0.39 is 6.04 Å². The predicted octanol–water partition coefficient (Wildman–Crippen LogP) is 2.63. The Hall–Kier alpha value is -3.87. The molecule has 1 atom stereocenters. The van der Waals surface area contributed by atoms with E-state index in [0.29, 0.717) is 30.6 Å². The number of carbonyl (C=O) groups excluding carboxylic acids is 2. The molecule has 0 aliphatic carbocycles. The fourth-order valence-electron chi connectivity index (χ4n) is 3.10. The van der Waals surface area contributed by atoms with E-state index >= 15 is 0 Å². The van der Waals surface area contributed by atoms with Crippen LogP contribution in [0.1, 0.15) is 23.2 Å². The molecule has 3 aromatic rings. The number of benzene rings is 3. The Balaban J connectivity index is 1.72. The number of amides is 2. The van der Waals surface area contributed by atoms with E-state index in [4.69, 9.17) is 11.5 Å². The number of rotatable bonds is 8. The molecule has 154 valence electrons. The summed E-state index contributed by atoms with van der Waals surface area (Å²) >= 11 is 0. The Morgan fingerprint density at radius 3 is 2.33 bits per heavy atom. The van der Waals surface area contributed by atoms with Crippen molar-refractivity contribution < 1.29 is 9.59 Å². The number of anilines is 1. The summed E-state index contributed by atoms with van der Waals surface area (Å²) in [6.45, 7) is 0.378. The second kappa shape index (κ2) is 10.1. The van der Waals surface area contributed by atoms with Crippen LogP contribution < -0.4 is 22.1 Å². The molecule has 3 rings (SSSR count). The van der Waals surface area contributed by atoms with Crippen LogP contribution in [0.25, 0.3) is 10.8 Å². The highest BCUT2D eigenvalue weighted by atomic mass is 16.2. The number of aliphatic imine (C=N–C) groups is 1. The molecule has 2 amide bonds. The molecule has 0 spiro atoms. The summed E-state index contributed by atoms with van der Waals surface area (Å²) in [6, 6.07) is 21.7. The van der Waals surface area contributed by atoms with Gasteiger partial charge >= 0.3 is 0 Å². The van der Waals surface area contributed by atoms with E-state index in [-0.39, 0.29) is 17.8 Å². The monoisotopic (exact) mass is 403 g/mol. The molecule has 0 saturated heterocycles. The summed E-state index contributed by atoms with van der Waals surface area (Å²) in [6.07, 6.45) is 0.942. The van der Waals surface area contributed by atoms with Crippen molar-refractivity contribution in [1.29, 1.82) is 0 Å². The lowest BCUT2D eigenvalue weighted by atomic mass is 10.1. The topological polar surface area (TPSA) is 123 Å². The standard InChI is InChI=1S/C23H25N5O2/c24-23(25)26-14-6-11-20(28-21(29)17-8-2-1-3-9-17)22(30)27-19-13-12-16-7-4-5-10-18(16)15-19/h1-5,7-10,12-13,15,20H,6,11,14H2,(H,27,30)(H,28,29)(H4,24,25,26)/t20-/m1/s1. The maximum Gasteiger partial charge on any atom is 0.251 e. The molecule has 0 unspecified atom stereocenters. The minimum atomic E-state index is -0.724. The van der Waals surface area contributed by atoms with Crippen molar-refractivity contribution in [3.8, 4) is 0 Å². The molecule has 0 radical (unpaired) electrons. The van der Waals surface area contributed by atoms with Gasteiger partial charge in [0.15, 0.2) is 5.96 Å². The fraction of sp³-hybridized carbons (Fsp3) is 0.174. The maximum absolute atomic E-state index is 12.9. The summed E-state index contributed by atoms with van der Waals surface area (Å²) < 4.78 is 0. The van der Waals surface area contributed by atoms with Crippen LogP contribution in [0.2, 0.25) is 0 Å². The first-order valence-electron chi connectivity index (χ1n) is 9.74. The molecule has 0 aliphatic rings. The second-order valence-corrected chi connectivity index (χ2v) is 6.89. The van der Waals surface area contributed by atoms with Gasteiger partial charge in [-0.3, -0.25) is 14.6 Å². The van der Waals surface area contributed by atoms with Gasteiger partial charge in [-0.15, -0.1) is 0 Å². The van der Waals surface area contributed by atoms with E-state index in [1.165, 1.54) is 0 Å². The van der Waals surface area contributed by atoms with Gasteiger partial charge in [-0.2, -0.15) is 0 Å². The first-order valence-corrected chi connectivity index (χ1v) is 9.74. The number of hydrogen-bond acceptors (Lipinski definition) is 3. The number of carbonyl (C=O) groups is 2. The van der Waals surface area contributed by atoms with Crippen LogP contribution in [0.15, 0.2) is 77.8 Å². The van der Waals surface area contributed by atoms with Gasteiger partial charge in [-0.05, 0) is 47.9 Å². The Morgan fingerprint density at radius 2 is 1.60 bits per heavy atom. The molecular weight excluding hydrogens is 378 g/mol. The number of nitrogens with one attached hydrogen (secondary N) is 2. The Bertz CT molecular complexity index is 1050. The molecule has 0 aromatic heterocycles. The molecule has 0 aliphatic heterocycles. The lowest BCUT2D eigenvalue weighted by Crippen LogP contribution is -2.44. The minimum absolute atomic E-state index is 0.000450. The number of nitrogens with zero attached hydrogens (tertiary/aromatic N) is 1. The van der Waals surface area contributed by atoms with Crippen molar-refractivity contribution >= 4 is 34.2 Å². The van der Waals surface area contributed by atoms with Crippen LogP contribution in [0.4, 0.5) is 5.69 Å². The van der Waals surface area contributed by atoms with Crippen molar-refractivity contribution in [3.05, 3.63) is 78.4 Å². The zero-order chi connectivity index (χ0) is 21.3. The molecule has 0 bridgehead atoms. The van der Waals surface area contributed by atoms with Gasteiger partial charge in [-0.1, -0.05) is 48.5 Å². The van der Waals surface area contributed by atoms with Crippen LogP contribution in [-0.2, 0) is 4.79 Å². The van der Waals surface area contributed by atoms with Crippen LogP contribution in [0, 0.1) is 0 Å². The summed E-state index contributed by atoms with van der Waals surface area (Å²) in [5, 5.41) is 7.82. The third-order valence-electron chi connectivity index (χ3n) is 4.62. The first-order chi connectivity index (χ1) is 14.5. The van der Waals surface area contributed by atoms with Gasteiger partial charge in [-0.25, -0.2) is 0 Å². The Morgan fingerprint density at radius 1 is 0.900 bits per heavy atom. The van der Waals surface area contributed by atoms with Crippen LogP contribution in [-0.4, -0.2) is 30.4 Å². The Kier molecular flexibility index (Phi) is 7.00. The average Bonchev–Trinajstić information content (AvgIpc) is 2.76. The molecule has 3 aromatic carbocycles. The highest BCUT2D eigenvalue weighted by molar-refractivity contribution is 6.02. The molecule has 0 fully saturated rings. The van der Waals surface area contributed by atoms with Gasteiger partial charge in [0.1, 0.15) is 6.04 Å². The van der Waals surface area contributed by atoms with E-state index in [1.807, 2.05) is 48.5 Å². The fourth-order valence-corrected chi connectivity index (χ4v) is 3.10. The van der Waals surface area contributed by atoms with Gasteiger partial charge in [0.05, 0.1) is 0 Å². The first kappa shape index (κ1) is 20.9. The summed E-state index contributed by atoms with van der Waals surface area (Å²) in [5.41, 5.74) is 11.9. The maximum atomic E-state index is 12.9. The zero-order valence-electron chi connectivity index (χ0n) is 16.5. The molecule has 30 heavy (non-hydrogen) atoms. The Labute approximate surface area is 175 Å². The molecule has 6 N–H and O–H groups in total. The molecular formula is C23H25N5O2. The number of nitrogens with two attached hydrogens (primary N) is 2. The predicted molar refractivity (Wildman–Crippen MR) is 120 cm³/mol. The normalized spacial score (nSPS) is 11.5. The number of hydrogen-bond donors (Lipinski definition) is 4. The SMILES string of the molecule is NC(N)=NCCC[C@@H](NC(=O)c1ccccc1)C(=O)Nc1ccc2ccccc2c1. The average molecular weight is 403 g/mol. The minimum Gasteiger partial charge on any atom is -0.370 e. The zero-order valence-corrected chi connectivity index (χ0v) is 16.5. The smallest absolute Gasteiger partial charge is 0.251 e. The lowest BCUT2D eigenvalue weighted by molar-refractivity contribution is -0.118. The second-order valence-electron chi connectivity index (χ2n) is 6.89. The van der Waals surface area contributed by atoms with E-state index in [9.17, 15) is 9.59 Å². The highest BCUT2D eigenvalue weighted by Crippen LogP contribution is 2.19. The van der Waals surface area contributed by atoms with E-state index in [2.05, 4.69) is 15.6 Å². The molecule has 7 nitrogen and oxygen atoms in total. The van der Waals surface area contributed by atoms with Crippen molar-refractivity contribution in [2.24, 2.45) is 16.5 Å². The number of guanidine groups is 1. The van der Waals surface area contributed by atoms with Crippen molar-refractivity contribution in [2.45, 2.75) is 18.9 Å². The van der Waals surface area contributed by atoms with E-state index in [1.54, 1.807) is 24.3 Å². The molecule has 0 heterocycles. The van der Waals surface area contributed by atoms with Crippen molar-refractivity contribution in [1.82, 2.24) is 5.32 Å². The number of fused-ring (bicyclic) bond motifs is 1. The van der Waals surface area contributed by atoms with Crippen molar-refractivity contribution in [2.75, 3.05) is 11.9 Å². The third kappa shape index (κ3) is 5.81. The summed E-state index contributed by atoms with van der Waals surface area (Å²) in [5.74, 6) is -0.601. The van der Waals surface area contributed by atoms with Crippen LogP contribution in [0.5, 0.6) is 0 Å². The van der Waals surface area contributed by atoms with Gasteiger partial charge in [0, 0.05) is 17.8 Å². The summed E-state index contributed by atoms with van der Waals surface area (Å²) in [4.78, 5) is 29.4. The molecule has 0 saturated carbocycles. The molecule has 7 heteroatoms. The van der Waals surface area contributed by atoms with Crippen LogP contribution in [0.3, 0.4) is 0 Å². The summed E-state index contributed by atoms with van der Waals surface area (Å²) in [7, 11) is 0. The van der Waals surface area contributed by atoms with Gasteiger partial charge < -0.3 is 22.1 Å². The van der Waals surface area contributed by atoms with E-state index in [0.717, 1.165) is 10.8 Å². The van der Waals surface area contributed by atoms with Gasteiger partial charge in [0.2, 0.25) is 5.91 Å². The van der Waals surface area contributed by atoms with Gasteiger partial charge in [0.25, 0.3) is 5.91 Å².